The van der Waals surface area contributed by atoms with Crippen molar-refractivity contribution in [3.05, 3.63) is 0 Å². The Balaban J connectivity index is 3.44. The molecule has 164 valence electrons. The molecule has 4 N–H and O–H groups in total. The number of unbranched alkanes of at least 4 members (excludes halogenated alkanes) is 11. The number of carbonyl (C=O) groups excluding carboxylic acids is 3. The van der Waals surface area contributed by atoms with E-state index in [4.69, 9.17) is 5.73 Å². The second kappa shape index (κ2) is 18.8. The molecule has 0 saturated carbocycles. The Kier molecular flexibility index (Phi) is 17.7. The predicted octanol–water partition coefficient (Wildman–Crippen LogP) is 3.96. The number of rotatable bonds is 19. The first-order chi connectivity index (χ1) is 13.5. The first-order valence-electron chi connectivity index (χ1n) is 11.3. The molecule has 0 rings (SSSR count). The fraction of sp³-hybridized carbons (Fsp3) is 0.864. The molecule has 0 aromatic rings. The number of hydrogen-bond donors (Lipinski definition) is 3. The van der Waals surface area contributed by atoms with Gasteiger partial charge in [0.1, 0.15) is 6.04 Å². The van der Waals surface area contributed by atoms with Crippen LogP contribution in [0.25, 0.3) is 0 Å². The molecule has 0 heterocycles. The van der Waals surface area contributed by atoms with E-state index in [9.17, 15) is 14.4 Å². The van der Waals surface area contributed by atoms with Crippen LogP contribution in [0.5, 0.6) is 0 Å². The first-order valence-corrected chi connectivity index (χ1v) is 11.3. The van der Waals surface area contributed by atoms with Crippen molar-refractivity contribution in [2.24, 2.45) is 5.73 Å². The van der Waals surface area contributed by atoms with Crippen LogP contribution < -0.4 is 16.4 Å². The van der Waals surface area contributed by atoms with E-state index in [2.05, 4.69) is 17.6 Å². The molecule has 0 aromatic carbocycles. The van der Waals surface area contributed by atoms with E-state index in [1.807, 2.05) is 0 Å². The van der Waals surface area contributed by atoms with E-state index in [0.717, 1.165) is 25.7 Å². The van der Waals surface area contributed by atoms with Crippen LogP contribution in [0.1, 0.15) is 110 Å². The minimum atomic E-state index is -0.621. The Morgan fingerprint density at radius 2 is 1.32 bits per heavy atom. The summed E-state index contributed by atoms with van der Waals surface area (Å²) in [7, 11) is 0. The highest BCUT2D eigenvalue weighted by atomic mass is 16.2. The van der Waals surface area contributed by atoms with E-state index < -0.39 is 11.9 Å². The molecule has 6 nitrogen and oxygen atoms in total. The summed E-state index contributed by atoms with van der Waals surface area (Å²) in [6.07, 6.45) is 16.7. The SMILES string of the molecule is CCCCCCCCCCCCCC(=O)NCCCC[C@H](NC(C)=O)C(N)=O. The highest BCUT2D eigenvalue weighted by molar-refractivity contribution is 5.85. The summed E-state index contributed by atoms with van der Waals surface area (Å²) in [5.41, 5.74) is 5.26. The summed E-state index contributed by atoms with van der Waals surface area (Å²) >= 11 is 0. The second-order valence-corrected chi connectivity index (χ2v) is 7.79. The fourth-order valence-corrected chi connectivity index (χ4v) is 3.27. The van der Waals surface area contributed by atoms with Crippen LogP contribution in [-0.4, -0.2) is 30.3 Å². The van der Waals surface area contributed by atoms with Gasteiger partial charge in [0.05, 0.1) is 0 Å². The highest BCUT2D eigenvalue weighted by Crippen LogP contribution is 2.11. The monoisotopic (exact) mass is 397 g/mol. The van der Waals surface area contributed by atoms with Gasteiger partial charge in [0.15, 0.2) is 0 Å². The molecule has 0 aliphatic rings. The van der Waals surface area contributed by atoms with E-state index in [0.29, 0.717) is 19.4 Å². The van der Waals surface area contributed by atoms with Gasteiger partial charge >= 0.3 is 0 Å². The Labute approximate surface area is 171 Å². The van der Waals surface area contributed by atoms with Crippen LogP contribution in [-0.2, 0) is 14.4 Å². The quantitative estimate of drug-likeness (QED) is 0.287. The average molecular weight is 398 g/mol. The Bertz CT molecular complexity index is 427. The number of primary amides is 1. The molecule has 0 aromatic heterocycles. The smallest absolute Gasteiger partial charge is 0.239 e. The van der Waals surface area contributed by atoms with E-state index in [1.54, 1.807) is 0 Å². The first kappa shape index (κ1) is 26.4. The maximum absolute atomic E-state index is 11.8. The van der Waals surface area contributed by atoms with Gasteiger partial charge in [-0.05, 0) is 25.7 Å². The minimum absolute atomic E-state index is 0.101. The zero-order valence-electron chi connectivity index (χ0n) is 18.2. The molecule has 0 spiro atoms. The maximum atomic E-state index is 11.8. The van der Waals surface area contributed by atoms with Gasteiger partial charge in [0, 0.05) is 19.9 Å². The molecule has 0 aliphatic carbocycles. The highest BCUT2D eigenvalue weighted by Gasteiger charge is 2.15. The van der Waals surface area contributed by atoms with Crippen molar-refractivity contribution in [2.75, 3.05) is 6.54 Å². The molecule has 6 heteroatoms. The van der Waals surface area contributed by atoms with Crippen molar-refractivity contribution < 1.29 is 14.4 Å². The number of carbonyl (C=O) groups is 3. The molecular formula is C22H43N3O3. The summed E-state index contributed by atoms with van der Waals surface area (Å²) in [6.45, 7) is 4.21. The zero-order chi connectivity index (χ0) is 21.0. The molecule has 3 amide bonds. The van der Waals surface area contributed by atoms with Crippen molar-refractivity contribution >= 4 is 17.7 Å². The van der Waals surface area contributed by atoms with E-state index in [-0.39, 0.29) is 11.8 Å². The van der Waals surface area contributed by atoms with Crippen LogP contribution in [0.2, 0.25) is 0 Å². The number of nitrogens with one attached hydrogen (secondary N) is 2. The van der Waals surface area contributed by atoms with Crippen LogP contribution in [0.4, 0.5) is 0 Å². The summed E-state index contributed by atoms with van der Waals surface area (Å²) in [6, 6.07) is -0.621. The number of amides is 3. The van der Waals surface area contributed by atoms with Gasteiger partial charge in [0.25, 0.3) is 0 Å². The lowest BCUT2D eigenvalue weighted by Gasteiger charge is -2.14. The van der Waals surface area contributed by atoms with Crippen LogP contribution >= 0.6 is 0 Å². The molecule has 0 radical (unpaired) electrons. The molecule has 0 saturated heterocycles. The van der Waals surface area contributed by atoms with Crippen molar-refractivity contribution in [3.8, 4) is 0 Å². The Morgan fingerprint density at radius 1 is 0.786 bits per heavy atom. The van der Waals surface area contributed by atoms with Gasteiger partial charge in [-0.25, -0.2) is 0 Å². The van der Waals surface area contributed by atoms with Crippen molar-refractivity contribution in [2.45, 2.75) is 116 Å². The lowest BCUT2D eigenvalue weighted by molar-refractivity contribution is -0.126. The summed E-state index contributed by atoms with van der Waals surface area (Å²) in [4.78, 5) is 34.0. The molecule has 0 fully saturated rings. The maximum Gasteiger partial charge on any atom is 0.239 e. The van der Waals surface area contributed by atoms with Gasteiger partial charge < -0.3 is 16.4 Å². The van der Waals surface area contributed by atoms with E-state index in [1.165, 1.54) is 64.7 Å². The summed E-state index contributed by atoms with van der Waals surface area (Å²) in [5.74, 6) is -0.677. The zero-order valence-corrected chi connectivity index (χ0v) is 18.2. The van der Waals surface area contributed by atoms with Crippen molar-refractivity contribution in [1.82, 2.24) is 10.6 Å². The Morgan fingerprint density at radius 3 is 1.82 bits per heavy atom. The fourth-order valence-electron chi connectivity index (χ4n) is 3.27. The topological polar surface area (TPSA) is 101 Å². The molecule has 0 bridgehead atoms. The molecule has 1 atom stereocenters. The number of hydrogen-bond acceptors (Lipinski definition) is 3. The van der Waals surface area contributed by atoms with Crippen molar-refractivity contribution in [1.29, 1.82) is 0 Å². The lowest BCUT2D eigenvalue weighted by Crippen LogP contribution is -2.43. The predicted molar refractivity (Wildman–Crippen MR) is 115 cm³/mol. The molecule has 0 aliphatic heterocycles. The number of nitrogens with two attached hydrogens (primary N) is 1. The van der Waals surface area contributed by atoms with Crippen LogP contribution in [0.3, 0.4) is 0 Å². The molecular weight excluding hydrogens is 354 g/mol. The largest absolute Gasteiger partial charge is 0.368 e. The molecule has 0 unspecified atom stereocenters. The van der Waals surface area contributed by atoms with Gasteiger partial charge in [-0.15, -0.1) is 0 Å². The van der Waals surface area contributed by atoms with Gasteiger partial charge in [-0.1, -0.05) is 71.1 Å². The molecule has 28 heavy (non-hydrogen) atoms. The van der Waals surface area contributed by atoms with Gasteiger partial charge in [0.2, 0.25) is 17.7 Å². The third-order valence-electron chi connectivity index (χ3n) is 4.97. The van der Waals surface area contributed by atoms with E-state index >= 15 is 0 Å². The lowest BCUT2D eigenvalue weighted by atomic mass is 10.1. The van der Waals surface area contributed by atoms with Crippen LogP contribution in [0.15, 0.2) is 0 Å². The Hall–Kier alpha value is -1.59. The third kappa shape index (κ3) is 17.8. The average Bonchev–Trinajstić information content (AvgIpc) is 2.64. The standard InChI is InChI=1S/C22H43N3O3/c1-3-4-5-6-7-8-9-10-11-12-13-17-21(27)24-18-15-14-16-20(22(23)28)25-19(2)26/h20H,3-18H2,1-2H3,(H2,23,28)(H,24,27)(H,25,26)/t20-/m0/s1. The second-order valence-electron chi connectivity index (χ2n) is 7.79. The van der Waals surface area contributed by atoms with Crippen LogP contribution in [0, 0.1) is 0 Å². The van der Waals surface area contributed by atoms with Gasteiger partial charge in [-0.2, -0.15) is 0 Å². The van der Waals surface area contributed by atoms with Crippen molar-refractivity contribution in [3.63, 3.8) is 0 Å². The third-order valence-corrected chi connectivity index (χ3v) is 4.97. The summed E-state index contributed by atoms with van der Waals surface area (Å²) < 4.78 is 0. The van der Waals surface area contributed by atoms with Gasteiger partial charge in [-0.3, -0.25) is 14.4 Å². The summed E-state index contributed by atoms with van der Waals surface area (Å²) in [5, 5.41) is 5.46. The minimum Gasteiger partial charge on any atom is -0.368 e. The normalized spacial score (nSPS) is 11.8.